The highest BCUT2D eigenvalue weighted by molar-refractivity contribution is 6.74. The largest absolute Gasteiger partial charge is 0.468 e. The predicted molar refractivity (Wildman–Crippen MR) is 96.9 cm³/mol. The van der Waals surface area contributed by atoms with Gasteiger partial charge in [0.2, 0.25) is 0 Å². The number of rotatable bonds is 7. The summed E-state index contributed by atoms with van der Waals surface area (Å²) in [7, 11) is 1.46. The molecule has 0 unspecified atom stereocenters. The van der Waals surface area contributed by atoms with Gasteiger partial charge in [-0.3, -0.25) is 9.69 Å². The molecule has 23 heavy (non-hydrogen) atoms. The Morgan fingerprint density at radius 3 is 2.26 bits per heavy atom. The molecule has 0 bridgehead atoms. The molecule has 1 aromatic rings. The third kappa shape index (κ3) is 5.75. The molecule has 0 aliphatic carbocycles. The summed E-state index contributed by atoms with van der Waals surface area (Å²) in [6, 6.07) is 9.71. The van der Waals surface area contributed by atoms with Crippen molar-refractivity contribution in [2.24, 2.45) is 0 Å². The average molecular weight is 338 g/mol. The first-order chi connectivity index (χ1) is 10.6. The second kappa shape index (κ2) is 8.08. The van der Waals surface area contributed by atoms with Crippen LogP contribution in [0.15, 0.2) is 30.3 Å². The molecule has 0 aromatic heterocycles. The monoisotopic (exact) mass is 337 g/mol. The zero-order valence-electron chi connectivity index (χ0n) is 15.6. The van der Waals surface area contributed by atoms with Crippen molar-refractivity contribution in [2.75, 3.05) is 20.8 Å². The molecule has 0 saturated heterocycles. The Bertz CT molecular complexity index is 497. The summed E-state index contributed by atoms with van der Waals surface area (Å²) in [5.74, 6) is -0.248. The van der Waals surface area contributed by atoms with Gasteiger partial charge in [0.25, 0.3) is 0 Å². The summed E-state index contributed by atoms with van der Waals surface area (Å²) in [4.78, 5) is 14.2. The summed E-state index contributed by atoms with van der Waals surface area (Å²) < 4.78 is 11.2. The number of likely N-dealkylation sites (N-methyl/N-ethyl adjacent to an activating group) is 1. The SMILES string of the molecule is COC(=O)[C@H](CO[Si](C)(C)C(C)(C)C)N(C)Cc1ccccc1. The van der Waals surface area contributed by atoms with E-state index in [9.17, 15) is 4.79 Å². The van der Waals surface area contributed by atoms with Crippen LogP contribution in [0.25, 0.3) is 0 Å². The number of carbonyl (C=O) groups excluding carboxylic acids is 1. The maximum absolute atomic E-state index is 12.2. The molecule has 0 aliphatic rings. The van der Waals surface area contributed by atoms with Crippen molar-refractivity contribution in [3.8, 4) is 0 Å². The minimum absolute atomic E-state index is 0.117. The van der Waals surface area contributed by atoms with Crippen molar-refractivity contribution in [3.63, 3.8) is 0 Å². The molecule has 1 aromatic carbocycles. The van der Waals surface area contributed by atoms with E-state index in [1.807, 2.05) is 30.1 Å². The van der Waals surface area contributed by atoms with Gasteiger partial charge >= 0.3 is 5.97 Å². The Morgan fingerprint density at radius 2 is 1.78 bits per heavy atom. The van der Waals surface area contributed by atoms with E-state index in [1.54, 1.807) is 0 Å². The van der Waals surface area contributed by atoms with Gasteiger partial charge in [0.15, 0.2) is 8.32 Å². The lowest BCUT2D eigenvalue weighted by Gasteiger charge is -2.38. The topological polar surface area (TPSA) is 38.8 Å². The Balaban J connectivity index is 2.78. The number of hydrogen-bond donors (Lipinski definition) is 0. The number of esters is 1. The number of carbonyl (C=O) groups is 1. The van der Waals surface area contributed by atoms with E-state index in [1.165, 1.54) is 7.11 Å². The molecule has 5 heteroatoms. The first-order valence-electron chi connectivity index (χ1n) is 8.04. The summed E-state index contributed by atoms with van der Waals surface area (Å²) in [6.07, 6.45) is 0. The molecule has 0 radical (unpaired) electrons. The van der Waals surface area contributed by atoms with Gasteiger partial charge in [0, 0.05) is 6.54 Å². The molecule has 0 aliphatic heterocycles. The first-order valence-corrected chi connectivity index (χ1v) is 11.0. The van der Waals surface area contributed by atoms with Crippen LogP contribution in [0.4, 0.5) is 0 Å². The summed E-state index contributed by atoms with van der Waals surface area (Å²) in [5.41, 5.74) is 1.16. The van der Waals surface area contributed by atoms with Crippen LogP contribution >= 0.6 is 0 Å². The van der Waals surface area contributed by atoms with Gasteiger partial charge in [0.1, 0.15) is 6.04 Å². The van der Waals surface area contributed by atoms with Crippen LogP contribution in [-0.2, 0) is 20.5 Å². The smallest absolute Gasteiger partial charge is 0.325 e. The number of hydrogen-bond acceptors (Lipinski definition) is 4. The normalized spacial score (nSPS) is 13.9. The quantitative estimate of drug-likeness (QED) is 0.562. The Hall–Kier alpha value is -1.17. The summed E-state index contributed by atoms with van der Waals surface area (Å²) in [6.45, 7) is 12.0. The number of methoxy groups -OCH3 is 1. The summed E-state index contributed by atoms with van der Waals surface area (Å²) >= 11 is 0. The molecule has 0 heterocycles. The maximum atomic E-state index is 12.2. The standard InChI is InChI=1S/C18H31NO3Si/c1-18(2,3)23(6,7)22-14-16(17(20)21-5)19(4)13-15-11-9-8-10-12-15/h8-12,16H,13-14H2,1-7H3/t16-/m0/s1. The van der Waals surface area contributed by atoms with Crippen molar-refractivity contribution < 1.29 is 14.0 Å². The van der Waals surface area contributed by atoms with Gasteiger partial charge in [-0.15, -0.1) is 0 Å². The first kappa shape index (κ1) is 19.9. The molecular formula is C18H31NO3Si. The average Bonchev–Trinajstić information content (AvgIpc) is 2.46. The van der Waals surface area contributed by atoms with Crippen LogP contribution in [-0.4, -0.2) is 46.0 Å². The zero-order valence-corrected chi connectivity index (χ0v) is 16.6. The third-order valence-electron chi connectivity index (χ3n) is 4.69. The molecule has 1 rings (SSSR count). The van der Waals surface area contributed by atoms with E-state index >= 15 is 0 Å². The van der Waals surface area contributed by atoms with Crippen molar-refractivity contribution in [3.05, 3.63) is 35.9 Å². The highest BCUT2D eigenvalue weighted by Crippen LogP contribution is 2.36. The molecule has 0 saturated carbocycles. The lowest BCUT2D eigenvalue weighted by molar-refractivity contribution is -0.148. The van der Waals surface area contributed by atoms with Gasteiger partial charge in [0.05, 0.1) is 13.7 Å². The maximum Gasteiger partial charge on any atom is 0.325 e. The van der Waals surface area contributed by atoms with E-state index in [-0.39, 0.29) is 11.0 Å². The molecular weight excluding hydrogens is 306 g/mol. The number of ether oxygens (including phenoxy) is 1. The van der Waals surface area contributed by atoms with Crippen LogP contribution in [0.5, 0.6) is 0 Å². The Labute approximate surface area is 141 Å². The molecule has 130 valence electrons. The molecule has 0 fully saturated rings. The highest BCUT2D eigenvalue weighted by atomic mass is 28.4. The number of benzene rings is 1. The van der Waals surface area contributed by atoms with Gasteiger partial charge in [-0.05, 0) is 30.7 Å². The van der Waals surface area contributed by atoms with Crippen LogP contribution in [0.2, 0.25) is 18.1 Å². The van der Waals surface area contributed by atoms with Gasteiger partial charge in [-0.25, -0.2) is 0 Å². The minimum atomic E-state index is -1.90. The lowest BCUT2D eigenvalue weighted by Crippen LogP contribution is -2.48. The van der Waals surface area contributed by atoms with Crippen LogP contribution < -0.4 is 0 Å². The molecule has 0 N–H and O–H groups in total. The van der Waals surface area contributed by atoms with Crippen LogP contribution in [0, 0.1) is 0 Å². The fourth-order valence-corrected chi connectivity index (χ4v) is 3.00. The zero-order chi connectivity index (χ0) is 17.7. The third-order valence-corrected chi connectivity index (χ3v) is 9.19. The predicted octanol–water partition coefficient (Wildman–Crippen LogP) is 3.68. The van der Waals surface area contributed by atoms with E-state index in [4.69, 9.17) is 9.16 Å². The van der Waals surface area contributed by atoms with Crippen LogP contribution in [0.1, 0.15) is 26.3 Å². The molecule has 0 amide bonds. The molecule has 1 atom stereocenters. The minimum Gasteiger partial charge on any atom is -0.468 e. The van der Waals surface area contributed by atoms with Gasteiger partial charge in [-0.1, -0.05) is 51.1 Å². The van der Waals surface area contributed by atoms with Crippen molar-refractivity contribution >= 4 is 14.3 Å². The van der Waals surface area contributed by atoms with E-state index in [0.717, 1.165) is 5.56 Å². The van der Waals surface area contributed by atoms with Crippen molar-refractivity contribution in [1.29, 1.82) is 0 Å². The van der Waals surface area contributed by atoms with E-state index in [2.05, 4.69) is 46.0 Å². The summed E-state index contributed by atoms with van der Waals surface area (Å²) in [5, 5.41) is 0.117. The van der Waals surface area contributed by atoms with Crippen molar-refractivity contribution in [1.82, 2.24) is 4.90 Å². The highest BCUT2D eigenvalue weighted by Gasteiger charge is 2.38. The van der Waals surface area contributed by atoms with Gasteiger partial charge < -0.3 is 9.16 Å². The lowest BCUT2D eigenvalue weighted by atomic mass is 10.2. The second-order valence-electron chi connectivity index (χ2n) is 7.51. The van der Waals surface area contributed by atoms with E-state index < -0.39 is 14.4 Å². The Morgan fingerprint density at radius 1 is 1.22 bits per heavy atom. The second-order valence-corrected chi connectivity index (χ2v) is 12.3. The fourth-order valence-electron chi connectivity index (χ4n) is 2.00. The van der Waals surface area contributed by atoms with E-state index in [0.29, 0.717) is 13.2 Å². The fraction of sp³-hybridized carbons (Fsp3) is 0.611. The number of nitrogens with zero attached hydrogens (tertiary/aromatic N) is 1. The Kier molecular flexibility index (Phi) is 6.98. The van der Waals surface area contributed by atoms with Gasteiger partial charge in [-0.2, -0.15) is 0 Å². The van der Waals surface area contributed by atoms with Crippen molar-refractivity contribution in [2.45, 2.75) is 51.5 Å². The molecule has 0 spiro atoms. The molecule has 4 nitrogen and oxygen atoms in total. The van der Waals surface area contributed by atoms with Crippen LogP contribution in [0.3, 0.4) is 0 Å².